The number of rotatable bonds is 6. The fourth-order valence-electron chi connectivity index (χ4n) is 1.75. The van der Waals surface area contributed by atoms with Gasteiger partial charge in [-0.15, -0.1) is 0 Å². The van der Waals surface area contributed by atoms with Gasteiger partial charge >= 0.3 is 0 Å². The Morgan fingerprint density at radius 3 is 2.93 bits per heavy atom. The van der Waals surface area contributed by atoms with Crippen molar-refractivity contribution in [3.05, 3.63) is 0 Å². The summed E-state index contributed by atoms with van der Waals surface area (Å²) in [6.45, 7) is 6.01. The van der Waals surface area contributed by atoms with Crippen molar-refractivity contribution in [2.75, 3.05) is 13.2 Å². The van der Waals surface area contributed by atoms with E-state index in [1.807, 2.05) is 0 Å². The van der Waals surface area contributed by atoms with Gasteiger partial charge < -0.3 is 10.1 Å². The van der Waals surface area contributed by atoms with Crippen LogP contribution in [-0.2, 0) is 9.53 Å². The van der Waals surface area contributed by atoms with E-state index in [-0.39, 0.29) is 5.91 Å². The smallest absolute Gasteiger partial charge is 0.220 e. The summed E-state index contributed by atoms with van der Waals surface area (Å²) in [5.74, 6) is 0.828. The van der Waals surface area contributed by atoms with E-state index in [0.29, 0.717) is 18.4 Å². The van der Waals surface area contributed by atoms with Crippen LogP contribution < -0.4 is 5.32 Å². The quantitative estimate of drug-likeness (QED) is 0.734. The molecule has 88 valence electrons. The van der Waals surface area contributed by atoms with Crippen LogP contribution in [0.1, 0.15) is 46.0 Å². The molecule has 1 fully saturated rings. The zero-order valence-electron chi connectivity index (χ0n) is 9.92. The molecule has 0 aromatic rings. The highest BCUT2D eigenvalue weighted by Crippen LogP contribution is 2.16. The third kappa shape index (κ3) is 5.78. The summed E-state index contributed by atoms with van der Waals surface area (Å²) in [6, 6.07) is 0. The van der Waals surface area contributed by atoms with Gasteiger partial charge in [-0.1, -0.05) is 13.8 Å². The molecule has 1 rings (SSSR count). The Morgan fingerprint density at radius 2 is 2.33 bits per heavy atom. The minimum Gasteiger partial charge on any atom is -0.378 e. The average Bonchev–Trinajstić information content (AvgIpc) is 2.66. The van der Waals surface area contributed by atoms with Gasteiger partial charge in [0, 0.05) is 19.6 Å². The Morgan fingerprint density at radius 1 is 1.53 bits per heavy atom. The van der Waals surface area contributed by atoms with Crippen molar-refractivity contribution in [3.63, 3.8) is 0 Å². The molecule has 3 heteroatoms. The van der Waals surface area contributed by atoms with Gasteiger partial charge in [0.25, 0.3) is 0 Å². The second-order valence-corrected chi connectivity index (χ2v) is 4.71. The number of ether oxygens (including phenoxy) is 1. The normalized spacial score (nSPS) is 20.9. The lowest BCUT2D eigenvalue weighted by molar-refractivity contribution is -0.121. The maximum atomic E-state index is 11.4. The van der Waals surface area contributed by atoms with Crippen molar-refractivity contribution >= 4 is 5.91 Å². The number of hydrogen-bond donors (Lipinski definition) is 1. The average molecular weight is 213 g/mol. The van der Waals surface area contributed by atoms with E-state index in [0.717, 1.165) is 38.8 Å². The van der Waals surface area contributed by atoms with Crippen LogP contribution in [0.2, 0.25) is 0 Å². The monoisotopic (exact) mass is 213 g/mol. The topological polar surface area (TPSA) is 38.3 Å². The molecule has 0 aromatic carbocycles. The van der Waals surface area contributed by atoms with Gasteiger partial charge in [-0.2, -0.15) is 0 Å². The van der Waals surface area contributed by atoms with Crippen LogP contribution in [0, 0.1) is 5.92 Å². The minimum atomic E-state index is 0.172. The molecule has 0 radical (unpaired) electrons. The maximum Gasteiger partial charge on any atom is 0.220 e. The molecule has 0 unspecified atom stereocenters. The molecule has 15 heavy (non-hydrogen) atoms. The summed E-state index contributed by atoms with van der Waals surface area (Å²) < 4.78 is 5.47. The number of amides is 1. The Kier molecular flexibility index (Phi) is 5.69. The third-order valence-electron chi connectivity index (χ3n) is 2.76. The van der Waals surface area contributed by atoms with E-state index in [9.17, 15) is 4.79 Å². The maximum absolute atomic E-state index is 11.4. The van der Waals surface area contributed by atoms with E-state index in [1.54, 1.807) is 0 Å². The van der Waals surface area contributed by atoms with Crippen LogP contribution in [0.3, 0.4) is 0 Å². The SMILES string of the molecule is CC(C)CCNC(=O)CC[C@H]1CCCO1. The predicted octanol–water partition coefficient (Wildman–Crippen LogP) is 2.11. The first-order valence-corrected chi connectivity index (χ1v) is 6.07. The third-order valence-corrected chi connectivity index (χ3v) is 2.76. The Hall–Kier alpha value is -0.570. The van der Waals surface area contributed by atoms with Crippen molar-refractivity contribution in [1.29, 1.82) is 0 Å². The first kappa shape index (κ1) is 12.5. The van der Waals surface area contributed by atoms with Gasteiger partial charge in [0.2, 0.25) is 5.91 Å². The van der Waals surface area contributed by atoms with Crippen molar-refractivity contribution in [2.45, 2.75) is 52.1 Å². The molecule has 1 heterocycles. The van der Waals surface area contributed by atoms with Crippen molar-refractivity contribution in [1.82, 2.24) is 5.32 Å². The van der Waals surface area contributed by atoms with E-state index in [2.05, 4.69) is 19.2 Å². The molecule has 0 saturated carbocycles. The van der Waals surface area contributed by atoms with Gasteiger partial charge in [0.1, 0.15) is 0 Å². The standard InChI is InChI=1S/C12H23NO2/c1-10(2)7-8-13-12(14)6-5-11-4-3-9-15-11/h10-11H,3-9H2,1-2H3,(H,13,14)/t11-/m1/s1. The molecule has 1 atom stereocenters. The lowest BCUT2D eigenvalue weighted by atomic mass is 10.1. The lowest BCUT2D eigenvalue weighted by Crippen LogP contribution is -2.26. The molecule has 0 aromatic heterocycles. The fraction of sp³-hybridized carbons (Fsp3) is 0.917. The van der Waals surface area contributed by atoms with Crippen LogP contribution >= 0.6 is 0 Å². The van der Waals surface area contributed by atoms with Crippen molar-refractivity contribution < 1.29 is 9.53 Å². The summed E-state index contributed by atoms with van der Waals surface area (Å²) in [7, 11) is 0. The number of carbonyl (C=O) groups is 1. The number of carbonyl (C=O) groups excluding carboxylic acids is 1. The summed E-state index contributed by atoms with van der Waals surface area (Å²) in [5.41, 5.74) is 0. The van der Waals surface area contributed by atoms with Crippen LogP contribution in [0.25, 0.3) is 0 Å². The van der Waals surface area contributed by atoms with E-state index in [4.69, 9.17) is 4.74 Å². The largest absolute Gasteiger partial charge is 0.378 e. The minimum absolute atomic E-state index is 0.172. The summed E-state index contributed by atoms with van der Waals surface area (Å²) in [6.07, 6.45) is 5.17. The molecular formula is C12H23NO2. The van der Waals surface area contributed by atoms with E-state index >= 15 is 0 Å². The van der Waals surface area contributed by atoms with Crippen LogP contribution in [0.4, 0.5) is 0 Å². The highest BCUT2D eigenvalue weighted by Gasteiger charge is 2.16. The number of nitrogens with one attached hydrogen (secondary N) is 1. The fourth-order valence-corrected chi connectivity index (χ4v) is 1.75. The summed E-state index contributed by atoms with van der Waals surface area (Å²) in [4.78, 5) is 11.4. The Balaban J connectivity index is 1.98. The molecule has 1 aliphatic rings. The van der Waals surface area contributed by atoms with E-state index in [1.165, 1.54) is 0 Å². The Bertz CT molecular complexity index is 186. The zero-order chi connectivity index (χ0) is 11.1. The molecule has 1 amide bonds. The Labute approximate surface area is 92.6 Å². The molecule has 3 nitrogen and oxygen atoms in total. The summed E-state index contributed by atoms with van der Waals surface area (Å²) in [5, 5.41) is 2.94. The van der Waals surface area contributed by atoms with E-state index < -0.39 is 0 Å². The molecule has 0 bridgehead atoms. The molecule has 1 saturated heterocycles. The predicted molar refractivity (Wildman–Crippen MR) is 60.7 cm³/mol. The molecule has 0 aliphatic carbocycles. The van der Waals surface area contributed by atoms with Crippen molar-refractivity contribution in [2.24, 2.45) is 5.92 Å². The second kappa shape index (κ2) is 6.83. The highest BCUT2D eigenvalue weighted by atomic mass is 16.5. The van der Waals surface area contributed by atoms with Gasteiger partial charge in [0.15, 0.2) is 0 Å². The lowest BCUT2D eigenvalue weighted by Gasteiger charge is -2.10. The van der Waals surface area contributed by atoms with Gasteiger partial charge in [-0.05, 0) is 31.6 Å². The first-order valence-electron chi connectivity index (χ1n) is 6.07. The molecular weight excluding hydrogens is 190 g/mol. The molecule has 0 spiro atoms. The first-order chi connectivity index (χ1) is 7.18. The van der Waals surface area contributed by atoms with Crippen LogP contribution in [0.15, 0.2) is 0 Å². The molecule has 1 aliphatic heterocycles. The van der Waals surface area contributed by atoms with Gasteiger partial charge in [0.05, 0.1) is 6.10 Å². The summed E-state index contributed by atoms with van der Waals surface area (Å²) >= 11 is 0. The van der Waals surface area contributed by atoms with Gasteiger partial charge in [-0.3, -0.25) is 4.79 Å². The number of hydrogen-bond acceptors (Lipinski definition) is 2. The van der Waals surface area contributed by atoms with Crippen LogP contribution in [0.5, 0.6) is 0 Å². The molecule has 1 N–H and O–H groups in total. The highest BCUT2D eigenvalue weighted by molar-refractivity contribution is 5.75. The van der Waals surface area contributed by atoms with Crippen LogP contribution in [-0.4, -0.2) is 25.2 Å². The van der Waals surface area contributed by atoms with Crippen molar-refractivity contribution in [3.8, 4) is 0 Å². The zero-order valence-corrected chi connectivity index (χ0v) is 9.92. The van der Waals surface area contributed by atoms with Gasteiger partial charge in [-0.25, -0.2) is 0 Å². The second-order valence-electron chi connectivity index (χ2n) is 4.71.